The van der Waals surface area contributed by atoms with E-state index in [1.807, 2.05) is 6.92 Å². The molecule has 0 bridgehead atoms. The SMILES string of the molecule is C=CC(C)Nc1cccc(S(N)(=O)=O)c1N. The first-order valence-corrected chi connectivity index (χ1v) is 6.21. The van der Waals surface area contributed by atoms with Crippen LogP contribution in [-0.2, 0) is 10.0 Å². The zero-order valence-corrected chi connectivity index (χ0v) is 9.79. The van der Waals surface area contributed by atoms with E-state index in [4.69, 9.17) is 10.9 Å². The quantitative estimate of drug-likeness (QED) is 0.539. The number of anilines is 2. The van der Waals surface area contributed by atoms with E-state index in [0.29, 0.717) is 5.69 Å². The summed E-state index contributed by atoms with van der Waals surface area (Å²) in [6.07, 6.45) is 1.68. The van der Waals surface area contributed by atoms with Gasteiger partial charge in [0.05, 0.1) is 11.4 Å². The highest BCUT2D eigenvalue weighted by atomic mass is 32.2. The highest BCUT2D eigenvalue weighted by molar-refractivity contribution is 7.89. The van der Waals surface area contributed by atoms with Crippen molar-refractivity contribution in [3.63, 3.8) is 0 Å². The number of primary sulfonamides is 1. The van der Waals surface area contributed by atoms with Gasteiger partial charge in [0.15, 0.2) is 0 Å². The first kappa shape index (κ1) is 12.5. The number of nitrogens with one attached hydrogen (secondary N) is 1. The Morgan fingerprint density at radius 1 is 1.50 bits per heavy atom. The van der Waals surface area contributed by atoms with E-state index >= 15 is 0 Å². The number of nitrogens with two attached hydrogens (primary N) is 2. The summed E-state index contributed by atoms with van der Waals surface area (Å²) in [5.41, 5.74) is 6.37. The Kier molecular flexibility index (Phi) is 3.56. The Labute approximate surface area is 95.2 Å². The molecule has 0 saturated carbocycles. The van der Waals surface area contributed by atoms with E-state index in [1.54, 1.807) is 18.2 Å². The maximum absolute atomic E-state index is 11.2. The molecule has 1 unspecified atom stereocenters. The number of para-hydroxylation sites is 1. The molecule has 0 aliphatic rings. The minimum absolute atomic E-state index is 0.0157. The molecule has 0 aromatic heterocycles. The fraction of sp³-hybridized carbons (Fsp3) is 0.200. The third kappa shape index (κ3) is 2.74. The maximum Gasteiger partial charge on any atom is 0.240 e. The summed E-state index contributed by atoms with van der Waals surface area (Å²) in [6, 6.07) is 4.62. The summed E-state index contributed by atoms with van der Waals surface area (Å²) in [6.45, 7) is 5.48. The van der Waals surface area contributed by atoms with Gasteiger partial charge in [-0.3, -0.25) is 0 Å². The van der Waals surface area contributed by atoms with Gasteiger partial charge >= 0.3 is 0 Å². The standard InChI is InChI=1S/C10H15N3O2S/c1-3-7(2)13-8-5-4-6-9(10(8)11)16(12,14)15/h3-7,13H,1,11H2,2H3,(H2,12,14,15). The van der Waals surface area contributed by atoms with Gasteiger partial charge in [-0.1, -0.05) is 12.1 Å². The van der Waals surface area contributed by atoms with Gasteiger partial charge in [0, 0.05) is 6.04 Å². The van der Waals surface area contributed by atoms with Crippen molar-refractivity contribution in [2.24, 2.45) is 5.14 Å². The largest absolute Gasteiger partial charge is 0.396 e. The second-order valence-corrected chi connectivity index (χ2v) is 4.96. The molecule has 16 heavy (non-hydrogen) atoms. The van der Waals surface area contributed by atoms with E-state index < -0.39 is 10.0 Å². The van der Waals surface area contributed by atoms with Crippen LogP contribution in [-0.4, -0.2) is 14.5 Å². The van der Waals surface area contributed by atoms with Gasteiger partial charge in [0.1, 0.15) is 4.90 Å². The van der Waals surface area contributed by atoms with Gasteiger partial charge in [-0.05, 0) is 19.1 Å². The van der Waals surface area contributed by atoms with Crippen LogP contribution in [0.1, 0.15) is 6.92 Å². The van der Waals surface area contributed by atoms with Crippen LogP contribution in [0, 0.1) is 0 Å². The van der Waals surface area contributed by atoms with Gasteiger partial charge < -0.3 is 11.1 Å². The summed E-state index contributed by atoms with van der Waals surface area (Å²) in [5, 5.41) is 8.04. The summed E-state index contributed by atoms with van der Waals surface area (Å²) >= 11 is 0. The van der Waals surface area contributed by atoms with E-state index in [0.717, 1.165) is 0 Å². The van der Waals surface area contributed by atoms with Gasteiger partial charge in [0.2, 0.25) is 10.0 Å². The average Bonchev–Trinajstić information content (AvgIpc) is 2.19. The number of nitrogen functional groups attached to an aromatic ring is 1. The lowest BCUT2D eigenvalue weighted by atomic mass is 10.2. The zero-order valence-electron chi connectivity index (χ0n) is 8.97. The molecule has 0 fully saturated rings. The van der Waals surface area contributed by atoms with Crippen LogP contribution >= 0.6 is 0 Å². The Morgan fingerprint density at radius 3 is 2.62 bits per heavy atom. The van der Waals surface area contributed by atoms with Crippen LogP contribution in [0.15, 0.2) is 35.7 Å². The van der Waals surface area contributed by atoms with Crippen molar-refractivity contribution in [2.45, 2.75) is 17.9 Å². The average molecular weight is 241 g/mol. The minimum Gasteiger partial charge on any atom is -0.396 e. The van der Waals surface area contributed by atoms with Gasteiger partial charge in [-0.25, -0.2) is 13.6 Å². The summed E-state index contributed by atoms with van der Waals surface area (Å²) in [4.78, 5) is -0.0752. The molecule has 0 saturated heterocycles. The van der Waals surface area contributed by atoms with Crippen molar-refractivity contribution in [1.29, 1.82) is 0 Å². The summed E-state index contributed by atoms with van der Waals surface area (Å²) in [7, 11) is -3.79. The monoisotopic (exact) mass is 241 g/mol. The molecule has 0 heterocycles. The Balaban J connectivity index is 3.19. The first-order chi connectivity index (χ1) is 7.36. The molecule has 1 atom stereocenters. The fourth-order valence-electron chi connectivity index (χ4n) is 1.22. The topological polar surface area (TPSA) is 98.2 Å². The van der Waals surface area contributed by atoms with E-state index in [-0.39, 0.29) is 16.6 Å². The van der Waals surface area contributed by atoms with Crippen molar-refractivity contribution in [1.82, 2.24) is 0 Å². The van der Waals surface area contributed by atoms with Crippen molar-refractivity contribution in [3.05, 3.63) is 30.9 Å². The minimum atomic E-state index is -3.79. The lowest BCUT2D eigenvalue weighted by Crippen LogP contribution is -2.17. The summed E-state index contributed by atoms with van der Waals surface area (Å²) in [5.74, 6) is 0. The van der Waals surface area contributed by atoms with E-state index in [1.165, 1.54) is 6.07 Å². The third-order valence-corrected chi connectivity index (χ3v) is 3.08. The van der Waals surface area contributed by atoms with Gasteiger partial charge in [-0.15, -0.1) is 6.58 Å². The van der Waals surface area contributed by atoms with Crippen molar-refractivity contribution < 1.29 is 8.42 Å². The molecule has 1 aromatic carbocycles. The fourth-order valence-corrected chi connectivity index (χ4v) is 1.91. The van der Waals surface area contributed by atoms with E-state index in [9.17, 15) is 8.42 Å². The molecule has 0 aliphatic carbocycles. The highest BCUT2D eigenvalue weighted by Crippen LogP contribution is 2.26. The van der Waals surface area contributed by atoms with E-state index in [2.05, 4.69) is 11.9 Å². The van der Waals surface area contributed by atoms with Gasteiger partial charge in [-0.2, -0.15) is 0 Å². The molecular formula is C10H15N3O2S. The van der Waals surface area contributed by atoms with Crippen LogP contribution < -0.4 is 16.2 Å². The molecule has 6 heteroatoms. The lowest BCUT2D eigenvalue weighted by molar-refractivity contribution is 0.598. The van der Waals surface area contributed by atoms with Crippen LogP contribution in [0.25, 0.3) is 0 Å². The smallest absolute Gasteiger partial charge is 0.240 e. The van der Waals surface area contributed by atoms with Crippen molar-refractivity contribution >= 4 is 21.4 Å². The third-order valence-electron chi connectivity index (χ3n) is 2.11. The molecule has 5 nitrogen and oxygen atoms in total. The van der Waals surface area contributed by atoms with Crippen LogP contribution in [0.5, 0.6) is 0 Å². The lowest BCUT2D eigenvalue weighted by Gasteiger charge is -2.14. The molecule has 1 aromatic rings. The molecule has 0 spiro atoms. The first-order valence-electron chi connectivity index (χ1n) is 4.66. The Bertz CT molecular complexity index is 497. The molecule has 0 amide bonds. The van der Waals surface area contributed by atoms with Crippen LogP contribution in [0.3, 0.4) is 0 Å². The number of hydrogen-bond acceptors (Lipinski definition) is 4. The number of rotatable bonds is 4. The van der Waals surface area contributed by atoms with Gasteiger partial charge in [0.25, 0.3) is 0 Å². The molecule has 0 radical (unpaired) electrons. The molecule has 5 N–H and O–H groups in total. The molecule has 1 rings (SSSR count). The molecule has 0 aliphatic heterocycles. The normalized spacial score (nSPS) is 13.1. The number of sulfonamides is 1. The predicted octanol–water partition coefficient (Wildman–Crippen LogP) is 0.903. The molecule has 88 valence electrons. The van der Waals surface area contributed by atoms with Crippen LogP contribution in [0.4, 0.5) is 11.4 Å². The van der Waals surface area contributed by atoms with Crippen LogP contribution in [0.2, 0.25) is 0 Å². The highest BCUT2D eigenvalue weighted by Gasteiger charge is 2.14. The molecular weight excluding hydrogens is 226 g/mol. The summed E-state index contributed by atoms with van der Waals surface area (Å²) < 4.78 is 22.4. The van der Waals surface area contributed by atoms with Crippen molar-refractivity contribution in [3.8, 4) is 0 Å². The maximum atomic E-state index is 11.2. The van der Waals surface area contributed by atoms with Crippen molar-refractivity contribution in [2.75, 3.05) is 11.1 Å². The number of hydrogen-bond donors (Lipinski definition) is 3. The predicted molar refractivity (Wildman–Crippen MR) is 65.5 cm³/mol. The second kappa shape index (κ2) is 4.54. The Morgan fingerprint density at radius 2 is 2.12 bits per heavy atom. The second-order valence-electron chi connectivity index (χ2n) is 3.43. The zero-order chi connectivity index (χ0) is 12.3. The Hall–Kier alpha value is -1.53. The number of benzene rings is 1.